The Kier molecular flexibility index (Phi) is 4.53. The van der Waals surface area contributed by atoms with Gasteiger partial charge in [0.15, 0.2) is 11.6 Å². The average Bonchev–Trinajstić information content (AvgIpc) is 2.88. The Morgan fingerprint density at radius 1 is 1.43 bits per heavy atom. The molecule has 1 aromatic carbocycles. The third-order valence-corrected chi connectivity index (χ3v) is 5.00. The Hall–Kier alpha value is -1.21. The van der Waals surface area contributed by atoms with Gasteiger partial charge >= 0.3 is 0 Å². The monoisotopic (exact) mass is 337 g/mol. The zero-order chi connectivity index (χ0) is 15.8. The van der Waals surface area contributed by atoms with Crippen LogP contribution in [0.5, 0.6) is 0 Å². The third kappa shape index (κ3) is 3.35. The van der Waals surface area contributed by atoms with Gasteiger partial charge in [0.05, 0.1) is 10.5 Å². The van der Waals surface area contributed by atoms with E-state index in [1.165, 1.54) is 4.90 Å². The van der Waals surface area contributed by atoms with Gasteiger partial charge in [0.25, 0.3) is 15.0 Å². The van der Waals surface area contributed by atoms with Gasteiger partial charge in [0, 0.05) is 23.8 Å². The van der Waals surface area contributed by atoms with Crippen LogP contribution in [-0.4, -0.2) is 32.3 Å². The molecule has 1 unspecified atom stereocenters. The van der Waals surface area contributed by atoms with Gasteiger partial charge in [-0.2, -0.15) is 0 Å². The fourth-order valence-electron chi connectivity index (χ4n) is 2.38. The van der Waals surface area contributed by atoms with Crippen LogP contribution in [0.15, 0.2) is 17.0 Å². The molecule has 4 nitrogen and oxygen atoms in total. The molecule has 1 aromatic rings. The van der Waals surface area contributed by atoms with Gasteiger partial charge in [-0.25, -0.2) is 17.2 Å². The normalized spacial score (nSPS) is 19.0. The van der Waals surface area contributed by atoms with Crippen LogP contribution in [0.25, 0.3) is 0 Å². The van der Waals surface area contributed by atoms with E-state index in [-0.39, 0.29) is 0 Å². The van der Waals surface area contributed by atoms with E-state index in [4.69, 9.17) is 10.7 Å². The first-order valence-corrected chi connectivity index (χ1v) is 8.78. The number of hydrogen-bond acceptors (Lipinski definition) is 3. The van der Waals surface area contributed by atoms with E-state index >= 15 is 0 Å². The number of rotatable bonds is 3. The summed E-state index contributed by atoms with van der Waals surface area (Å²) in [6, 6.07) is 1.25. The molecule has 1 fully saturated rings. The van der Waals surface area contributed by atoms with E-state index in [9.17, 15) is 22.0 Å². The van der Waals surface area contributed by atoms with Crippen LogP contribution in [0, 0.1) is 17.6 Å². The number of carbonyl (C=O) groups excluding carboxylic acids is 1. The van der Waals surface area contributed by atoms with Crippen molar-refractivity contribution in [3.05, 3.63) is 29.3 Å². The Morgan fingerprint density at radius 3 is 2.62 bits per heavy atom. The van der Waals surface area contributed by atoms with Gasteiger partial charge in [-0.05, 0) is 24.5 Å². The average molecular weight is 338 g/mol. The lowest BCUT2D eigenvalue weighted by atomic mass is 10.1. The van der Waals surface area contributed by atoms with Gasteiger partial charge in [-0.1, -0.05) is 13.3 Å². The summed E-state index contributed by atoms with van der Waals surface area (Å²) >= 11 is 0. The van der Waals surface area contributed by atoms with Gasteiger partial charge < -0.3 is 4.90 Å². The Morgan fingerprint density at radius 2 is 2.10 bits per heavy atom. The predicted octanol–water partition coefficient (Wildman–Crippen LogP) is 2.76. The largest absolute Gasteiger partial charge is 0.338 e. The summed E-state index contributed by atoms with van der Waals surface area (Å²) < 4.78 is 49.8. The van der Waals surface area contributed by atoms with Crippen molar-refractivity contribution in [3.63, 3.8) is 0 Å². The molecular formula is C13H14ClF2NO3S. The van der Waals surface area contributed by atoms with E-state index in [0.717, 1.165) is 18.9 Å². The number of amides is 1. The minimum atomic E-state index is -4.24. The van der Waals surface area contributed by atoms with Gasteiger partial charge in [-0.3, -0.25) is 4.79 Å². The second kappa shape index (κ2) is 5.88. The summed E-state index contributed by atoms with van der Waals surface area (Å²) in [7, 11) is 0.881. The first kappa shape index (κ1) is 16.2. The molecule has 1 amide bonds. The third-order valence-electron chi connectivity index (χ3n) is 3.66. The molecule has 116 valence electrons. The Labute approximate surface area is 126 Å². The minimum absolute atomic E-state index is 0.321. The molecule has 0 N–H and O–H groups in total. The molecule has 21 heavy (non-hydrogen) atoms. The van der Waals surface area contributed by atoms with Crippen LogP contribution in [0.4, 0.5) is 8.78 Å². The summed E-state index contributed by atoms with van der Waals surface area (Å²) in [5.41, 5.74) is -0.606. The van der Waals surface area contributed by atoms with E-state index in [0.29, 0.717) is 25.1 Å². The zero-order valence-electron chi connectivity index (χ0n) is 11.3. The van der Waals surface area contributed by atoms with Crippen LogP contribution in [-0.2, 0) is 9.05 Å². The highest BCUT2D eigenvalue weighted by Gasteiger charge is 2.29. The Balaban J connectivity index is 2.39. The molecule has 0 radical (unpaired) electrons. The molecule has 0 aromatic heterocycles. The van der Waals surface area contributed by atoms with Gasteiger partial charge in [0.1, 0.15) is 0 Å². The van der Waals surface area contributed by atoms with E-state index in [1.807, 2.05) is 6.92 Å². The lowest BCUT2D eigenvalue weighted by Crippen LogP contribution is -2.29. The smallest absolute Gasteiger partial charge is 0.261 e. The van der Waals surface area contributed by atoms with Crippen LogP contribution in [0.1, 0.15) is 30.1 Å². The van der Waals surface area contributed by atoms with E-state index in [1.54, 1.807) is 0 Å². The molecule has 0 spiro atoms. The Bertz CT molecular complexity index is 678. The SMILES string of the molecule is CCC1CCN(C(=O)c2cc(S(=O)(=O)Cl)cc(F)c2F)C1. The molecule has 1 saturated heterocycles. The van der Waals surface area contributed by atoms with Crippen LogP contribution in [0.3, 0.4) is 0 Å². The summed E-state index contributed by atoms with van der Waals surface area (Å²) in [6.07, 6.45) is 1.68. The first-order chi connectivity index (χ1) is 9.74. The van der Waals surface area contributed by atoms with Crippen molar-refractivity contribution in [3.8, 4) is 0 Å². The maximum atomic E-state index is 13.8. The highest BCUT2D eigenvalue weighted by molar-refractivity contribution is 8.13. The van der Waals surface area contributed by atoms with Crippen LogP contribution >= 0.6 is 10.7 Å². The van der Waals surface area contributed by atoms with Crippen molar-refractivity contribution < 1.29 is 22.0 Å². The van der Waals surface area contributed by atoms with Crippen molar-refractivity contribution in [2.45, 2.75) is 24.7 Å². The number of likely N-dealkylation sites (tertiary alicyclic amines) is 1. The maximum Gasteiger partial charge on any atom is 0.261 e. The quantitative estimate of drug-likeness (QED) is 0.797. The van der Waals surface area contributed by atoms with Crippen molar-refractivity contribution in [1.82, 2.24) is 4.90 Å². The molecule has 1 atom stereocenters. The summed E-state index contributed by atoms with van der Waals surface area (Å²) in [5.74, 6) is -3.17. The first-order valence-electron chi connectivity index (χ1n) is 6.47. The summed E-state index contributed by atoms with van der Waals surface area (Å²) in [4.78, 5) is 13.0. The van der Waals surface area contributed by atoms with Crippen LogP contribution in [0.2, 0.25) is 0 Å². The lowest BCUT2D eigenvalue weighted by Gasteiger charge is -2.17. The topological polar surface area (TPSA) is 54.5 Å². The van der Waals surface area contributed by atoms with Gasteiger partial charge in [0.2, 0.25) is 0 Å². The standard InChI is InChI=1S/C13H14ClF2NO3S/c1-2-8-3-4-17(7-8)13(18)10-5-9(21(14,19)20)6-11(15)12(10)16/h5-6,8H,2-4,7H2,1H3. The lowest BCUT2D eigenvalue weighted by molar-refractivity contribution is 0.0781. The number of hydrogen-bond donors (Lipinski definition) is 0. The number of nitrogens with zero attached hydrogens (tertiary/aromatic N) is 1. The molecule has 1 heterocycles. The predicted molar refractivity (Wildman–Crippen MR) is 73.7 cm³/mol. The van der Waals surface area contributed by atoms with E-state index < -0.39 is 37.1 Å². The highest BCUT2D eigenvalue weighted by Crippen LogP contribution is 2.26. The summed E-state index contributed by atoms with van der Waals surface area (Å²) in [5, 5.41) is 0. The molecule has 0 bridgehead atoms. The summed E-state index contributed by atoms with van der Waals surface area (Å²) in [6.45, 7) is 2.88. The van der Waals surface area contributed by atoms with Gasteiger partial charge in [-0.15, -0.1) is 0 Å². The minimum Gasteiger partial charge on any atom is -0.338 e. The van der Waals surface area contributed by atoms with Crippen molar-refractivity contribution >= 4 is 25.6 Å². The molecule has 1 aliphatic rings. The van der Waals surface area contributed by atoms with Crippen molar-refractivity contribution in [2.24, 2.45) is 5.92 Å². The molecule has 0 saturated carbocycles. The number of benzene rings is 1. The second-order valence-corrected chi connectivity index (χ2v) is 7.58. The molecule has 1 aliphatic heterocycles. The molecular weight excluding hydrogens is 324 g/mol. The fraction of sp³-hybridized carbons (Fsp3) is 0.462. The number of carbonyl (C=O) groups is 1. The zero-order valence-corrected chi connectivity index (χ0v) is 12.8. The molecule has 8 heteroatoms. The highest BCUT2D eigenvalue weighted by atomic mass is 35.7. The maximum absolute atomic E-state index is 13.8. The van der Waals surface area contributed by atoms with Crippen molar-refractivity contribution in [1.29, 1.82) is 0 Å². The van der Waals surface area contributed by atoms with E-state index in [2.05, 4.69) is 0 Å². The van der Waals surface area contributed by atoms with Crippen LogP contribution < -0.4 is 0 Å². The fourth-order valence-corrected chi connectivity index (χ4v) is 3.15. The molecule has 0 aliphatic carbocycles. The molecule has 2 rings (SSSR count). The second-order valence-electron chi connectivity index (χ2n) is 5.02. The number of halogens is 3. The van der Waals surface area contributed by atoms with Crippen molar-refractivity contribution in [2.75, 3.05) is 13.1 Å².